The van der Waals surface area contributed by atoms with E-state index in [1.54, 1.807) is 25.4 Å². The maximum Gasteiger partial charge on any atom is 0.252 e. The van der Waals surface area contributed by atoms with Crippen LogP contribution in [0.15, 0.2) is 60.8 Å². The van der Waals surface area contributed by atoms with E-state index >= 15 is 0 Å². The Hall–Kier alpha value is -3.54. The molecule has 1 heterocycles. The van der Waals surface area contributed by atoms with Crippen molar-refractivity contribution in [1.29, 1.82) is 0 Å². The molecule has 0 aliphatic carbocycles. The molecule has 3 aromatic rings. The second-order valence-corrected chi connectivity index (χ2v) is 6.66. The molecule has 0 spiro atoms. The van der Waals surface area contributed by atoms with Gasteiger partial charge in [0.15, 0.2) is 0 Å². The number of hydrogen-bond donors (Lipinski definition) is 2. The molecule has 0 unspecified atom stereocenters. The fourth-order valence-corrected chi connectivity index (χ4v) is 2.72. The minimum atomic E-state index is -0.186. The van der Waals surface area contributed by atoms with Crippen LogP contribution in [0.3, 0.4) is 0 Å². The molecule has 29 heavy (non-hydrogen) atoms. The molecular formula is C23H25N3O3. The minimum Gasteiger partial charge on any atom is -0.497 e. The van der Waals surface area contributed by atoms with Crippen molar-refractivity contribution in [3.05, 3.63) is 77.5 Å². The van der Waals surface area contributed by atoms with Gasteiger partial charge in [0.25, 0.3) is 5.91 Å². The summed E-state index contributed by atoms with van der Waals surface area (Å²) in [5.41, 5.74) is 3.81. The van der Waals surface area contributed by atoms with Crippen LogP contribution < -0.4 is 20.1 Å². The van der Waals surface area contributed by atoms with Crippen molar-refractivity contribution in [3.63, 3.8) is 0 Å². The lowest BCUT2D eigenvalue weighted by atomic mass is 10.1. The number of pyridine rings is 1. The molecule has 6 nitrogen and oxygen atoms in total. The number of aryl methyl sites for hydroxylation is 2. The lowest BCUT2D eigenvalue weighted by Crippen LogP contribution is -2.28. The SMILES string of the molecule is COc1ccc(OCCNC(=O)c2ccc(Nc3cc(C)ccc3C)nc2)cc1. The number of methoxy groups -OCH3 is 1. The molecule has 1 aromatic heterocycles. The molecule has 0 bridgehead atoms. The lowest BCUT2D eigenvalue weighted by Gasteiger charge is -2.11. The number of nitrogens with one attached hydrogen (secondary N) is 2. The van der Waals surface area contributed by atoms with Gasteiger partial charge < -0.3 is 20.1 Å². The number of anilines is 2. The predicted octanol–water partition coefficient (Wildman–Crippen LogP) is 4.26. The Morgan fingerprint density at radius 1 is 1.00 bits per heavy atom. The number of carbonyl (C=O) groups is 1. The average Bonchev–Trinajstić information content (AvgIpc) is 2.74. The number of rotatable bonds is 8. The molecule has 0 radical (unpaired) electrons. The van der Waals surface area contributed by atoms with Gasteiger partial charge in [-0.15, -0.1) is 0 Å². The zero-order valence-electron chi connectivity index (χ0n) is 16.9. The van der Waals surface area contributed by atoms with Crippen molar-refractivity contribution in [3.8, 4) is 11.5 Å². The highest BCUT2D eigenvalue weighted by molar-refractivity contribution is 5.94. The van der Waals surface area contributed by atoms with Gasteiger partial charge in [-0.2, -0.15) is 0 Å². The highest BCUT2D eigenvalue weighted by Crippen LogP contribution is 2.20. The second kappa shape index (κ2) is 9.59. The Labute approximate surface area is 170 Å². The highest BCUT2D eigenvalue weighted by atomic mass is 16.5. The lowest BCUT2D eigenvalue weighted by molar-refractivity contribution is 0.0946. The molecule has 2 aromatic carbocycles. The van der Waals surface area contributed by atoms with E-state index in [2.05, 4.69) is 33.8 Å². The topological polar surface area (TPSA) is 72.5 Å². The van der Waals surface area contributed by atoms with E-state index < -0.39 is 0 Å². The zero-order chi connectivity index (χ0) is 20.6. The summed E-state index contributed by atoms with van der Waals surface area (Å²) >= 11 is 0. The fraction of sp³-hybridized carbons (Fsp3) is 0.217. The number of aromatic nitrogens is 1. The van der Waals surface area contributed by atoms with Crippen LogP contribution in [0, 0.1) is 13.8 Å². The Kier molecular flexibility index (Phi) is 6.68. The molecule has 0 aliphatic rings. The maximum atomic E-state index is 12.3. The number of hydrogen-bond acceptors (Lipinski definition) is 5. The van der Waals surface area contributed by atoms with E-state index in [-0.39, 0.29) is 5.91 Å². The first-order chi connectivity index (χ1) is 14.0. The summed E-state index contributed by atoms with van der Waals surface area (Å²) < 4.78 is 10.7. The average molecular weight is 391 g/mol. The monoisotopic (exact) mass is 391 g/mol. The number of ether oxygens (including phenoxy) is 2. The Morgan fingerprint density at radius 2 is 1.76 bits per heavy atom. The number of nitrogens with zero attached hydrogens (tertiary/aromatic N) is 1. The largest absolute Gasteiger partial charge is 0.497 e. The van der Waals surface area contributed by atoms with E-state index in [4.69, 9.17) is 9.47 Å². The molecule has 0 saturated carbocycles. The van der Waals surface area contributed by atoms with Gasteiger partial charge in [-0.1, -0.05) is 12.1 Å². The fourth-order valence-electron chi connectivity index (χ4n) is 2.72. The van der Waals surface area contributed by atoms with E-state index in [9.17, 15) is 4.79 Å². The zero-order valence-corrected chi connectivity index (χ0v) is 16.9. The summed E-state index contributed by atoms with van der Waals surface area (Å²) in [7, 11) is 1.62. The van der Waals surface area contributed by atoms with E-state index in [1.807, 2.05) is 38.1 Å². The van der Waals surface area contributed by atoms with Gasteiger partial charge >= 0.3 is 0 Å². The van der Waals surface area contributed by atoms with Crippen molar-refractivity contribution in [1.82, 2.24) is 10.3 Å². The van der Waals surface area contributed by atoms with Crippen LogP contribution in [0.5, 0.6) is 11.5 Å². The first-order valence-corrected chi connectivity index (χ1v) is 9.40. The summed E-state index contributed by atoms with van der Waals surface area (Å²) in [4.78, 5) is 16.6. The second-order valence-electron chi connectivity index (χ2n) is 6.66. The quantitative estimate of drug-likeness (QED) is 0.562. The third kappa shape index (κ3) is 5.72. The van der Waals surface area contributed by atoms with Crippen molar-refractivity contribution in [2.45, 2.75) is 13.8 Å². The van der Waals surface area contributed by atoms with Crippen LogP contribution in [-0.4, -0.2) is 31.2 Å². The molecule has 0 aliphatic heterocycles. The van der Waals surface area contributed by atoms with Gasteiger partial charge in [0.2, 0.25) is 0 Å². The Balaban J connectivity index is 1.47. The summed E-state index contributed by atoms with van der Waals surface area (Å²) in [5.74, 6) is 2.00. The van der Waals surface area contributed by atoms with Gasteiger partial charge in [-0.3, -0.25) is 4.79 Å². The normalized spacial score (nSPS) is 10.3. The number of carbonyl (C=O) groups excluding carboxylic acids is 1. The molecule has 150 valence electrons. The van der Waals surface area contributed by atoms with E-state index in [1.165, 1.54) is 5.56 Å². The molecular weight excluding hydrogens is 366 g/mol. The highest BCUT2D eigenvalue weighted by Gasteiger charge is 2.07. The number of amides is 1. The maximum absolute atomic E-state index is 12.3. The molecule has 3 rings (SSSR count). The van der Waals surface area contributed by atoms with Gasteiger partial charge in [-0.05, 0) is 67.4 Å². The van der Waals surface area contributed by atoms with Gasteiger partial charge in [-0.25, -0.2) is 4.98 Å². The van der Waals surface area contributed by atoms with Crippen LogP contribution in [0.4, 0.5) is 11.5 Å². The van der Waals surface area contributed by atoms with Crippen molar-refractivity contribution in [2.24, 2.45) is 0 Å². The van der Waals surface area contributed by atoms with E-state index in [0.717, 1.165) is 22.7 Å². The summed E-state index contributed by atoms with van der Waals surface area (Å²) in [6.45, 7) is 4.85. The van der Waals surface area contributed by atoms with Crippen molar-refractivity contribution < 1.29 is 14.3 Å². The predicted molar refractivity (Wildman–Crippen MR) is 114 cm³/mol. The summed E-state index contributed by atoms with van der Waals surface area (Å²) in [5, 5.41) is 6.11. The van der Waals surface area contributed by atoms with E-state index in [0.29, 0.717) is 24.5 Å². The van der Waals surface area contributed by atoms with Gasteiger partial charge in [0.05, 0.1) is 19.2 Å². The van der Waals surface area contributed by atoms with Crippen molar-refractivity contribution in [2.75, 3.05) is 25.6 Å². The summed E-state index contributed by atoms with van der Waals surface area (Å²) in [6, 6.07) is 17.1. The molecule has 1 amide bonds. The molecule has 0 fully saturated rings. The third-order valence-electron chi connectivity index (χ3n) is 4.40. The standard InChI is InChI=1S/C23H25N3O3/c1-16-4-5-17(2)21(14-16)26-22-11-6-18(15-25-22)23(27)24-12-13-29-20-9-7-19(28-3)8-10-20/h4-11,14-15H,12-13H2,1-3H3,(H,24,27)(H,25,26). The first-order valence-electron chi connectivity index (χ1n) is 9.40. The van der Waals surface area contributed by atoms with Crippen LogP contribution in [0.2, 0.25) is 0 Å². The van der Waals surface area contributed by atoms with Gasteiger partial charge in [0, 0.05) is 11.9 Å². The van der Waals surface area contributed by atoms with Crippen molar-refractivity contribution >= 4 is 17.4 Å². The van der Waals surface area contributed by atoms with Crippen LogP contribution in [0.25, 0.3) is 0 Å². The Bertz CT molecular complexity index is 954. The smallest absolute Gasteiger partial charge is 0.252 e. The molecule has 6 heteroatoms. The Morgan fingerprint density at radius 3 is 2.45 bits per heavy atom. The van der Waals surface area contributed by atoms with Gasteiger partial charge in [0.1, 0.15) is 23.9 Å². The van der Waals surface area contributed by atoms with Crippen LogP contribution >= 0.6 is 0 Å². The number of benzene rings is 2. The van der Waals surface area contributed by atoms with Crippen LogP contribution in [0.1, 0.15) is 21.5 Å². The first kappa shape index (κ1) is 20.2. The molecule has 2 N–H and O–H groups in total. The molecule has 0 atom stereocenters. The summed E-state index contributed by atoms with van der Waals surface area (Å²) in [6.07, 6.45) is 1.56. The minimum absolute atomic E-state index is 0.186. The van der Waals surface area contributed by atoms with Crippen LogP contribution in [-0.2, 0) is 0 Å². The third-order valence-corrected chi connectivity index (χ3v) is 4.40. The molecule has 0 saturated heterocycles.